The largest absolute Gasteiger partial charge is 0.465 e. The van der Waals surface area contributed by atoms with Crippen molar-refractivity contribution in [2.75, 3.05) is 11.9 Å². The van der Waals surface area contributed by atoms with Crippen molar-refractivity contribution in [1.82, 2.24) is 0 Å². The molecule has 14 heavy (non-hydrogen) atoms. The first-order valence-electron chi connectivity index (χ1n) is 4.58. The van der Waals surface area contributed by atoms with E-state index in [-0.39, 0.29) is 11.3 Å². The molecule has 0 heterocycles. The Morgan fingerprint density at radius 2 is 2.00 bits per heavy atom. The number of hydrogen-bond acceptors (Lipinski definition) is 2. The van der Waals surface area contributed by atoms with Crippen LogP contribution in [0.2, 0.25) is 0 Å². The van der Waals surface area contributed by atoms with Gasteiger partial charge in [0.2, 0.25) is 0 Å². The molecular weight excluding hydrogens is 244 g/mol. The maximum atomic E-state index is 10.8. The van der Waals surface area contributed by atoms with Crippen molar-refractivity contribution in [2.45, 2.75) is 12.8 Å². The quantitative estimate of drug-likeness (QED) is 0.460. The van der Waals surface area contributed by atoms with Crippen molar-refractivity contribution >= 4 is 21.9 Å². The van der Waals surface area contributed by atoms with Gasteiger partial charge in [0.15, 0.2) is 0 Å². The van der Waals surface area contributed by atoms with Gasteiger partial charge in [-0.3, -0.25) is 4.79 Å². The number of alkyl halides is 1. The van der Waals surface area contributed by atoms with Crippen LogP contribution in [0.15, 0.2) is 30.3 Å². The maximum Gasteiger partial charge on any atom is 0.316 e. The van der Waals surface area contributed by atoms with Crippen LogP contribution in [0.1, 0.15) is 12.0 Å². The lowest BCUT2D eigenvalue weighted by atomic mass is 10.1. The van der Waals surface area contributed by atoms with Gasteiger partial charge in [-0.15, -0.1) is 0 Å². The Bertz CT molecular complexity index is 272. The summed E-state index contributed by atoms with van der Waals surface area (Å²) in [5.41, 5.74) is 1.28. The number of carbonyl (C=O) groups is 1. The summed E-state index contributed by atoms with van der Waals surface area (Å²) < 4.78 is 4.93. The monoisotopic (exact) mass is 256 g/mol. The van der Waals surface area contributed by atoms with Gasteiger partial charge in [0.25, 0.3) is 0 Å². The van der Waals surface area contributed by atoms with Gasteiger partial charge in [-0.1, -0.05) is 46.3 Å². The van der Waals surface area contributed by atoms with E-state index in [1.165, 1.54) is 5.56 Å². The van der Waals surface area contributed by atoms with Crippen molar-refractivity contribution in [3.63, 3.8) is 0 Å². The lowest BCUT2D eigenvalue weighted by Crippen LogP contribution is -2.07. The van der Waals surface area contributed by atoms with E-state index in [2.05, 4.69) is 28.1 Å². The molecule has 1 aromatic carbocycles. The van der Waals surface area contributed by atoms with Crippen LogP contribution < -0.4 is 0 Å². The minimum atomic E-state index is -0.196. The second-order valence-electron chi connectivity index (χ2n) is 2.94. The molecule has 76 valence electrons. The molecule has 0 bridgehead atoms. The van der Waals surface area contributed by atoms with E-state index in [0.29, 0.717) is 6.61 Å². The molecule has 0 N–H and O–H groups in total. The van der Waals surface area contributed by atoms with Crippen LogP contribution in [-0.4, -0.2) is 17.9 Å². The number of ether oxygens (including phenoxy) is 1. The molecule has 0 spiro atoms. The highest BCUT2D eigenvalue weighted by molar-refractivity contribution is 9.09. The standard InChI is InChI=1S/C11H13BrO2/c12-9-11(13)14-8-4-7-10-5-2-1-3-6-10/h1-3,5-6H,4,7-9H2. The number of halogens is 1. The molecule has 0 unspecified atom stereocenters. The van der Waals surface area contributed by atoms with Crippen LogP contribution in [0, 0.1) is 0 Å². The molecule has 1 aromatic rings. The van der Waals surface area contributed by atoms with Gasteiger partial charge in [0, 0.05) is 0 Å². The number of rotatable bonds is 5. The van der Waals surface area contributed by atoms with Gasteiger partial charge < -0.3 is 4.74 Å². The summed E-state index contributed by atoms with van der Waals surface area (Å²) >= 11 is 3.04. The van der Waals surface area contributed by atoms with Gasteiger partial charge in [0.1, 0.15) is 5.33 Å². The Balaban J connectivity index is 2.13. The van der Waals surface area contributed by atoms with Gasteiger partial charge in [-0.25, -0.2) is 0 Å². The minimum absolute atomic E-state index is 0.196. The fraction of sp³-hybridized carbons (Fsp3) is 0.364. The molecule has 0 amide bonds. The normalized spacial score (nSPS) is 9.79. The molecule has 0 aromatic heterocycles. The fourth-order valence-electron chi connectivity index (χ4n) is 1.15. The van der Waals surface area contributed by atoms with Gasteiger partial charge in [-0.2, -0.15) is 0 Å². The number of esters is 1. The van der Waals surface area contributed by atoms with E-state index in [1.54, 1.807) is 0 Å². The Morgan fingerprint density at radius 3 is 2.64 bits per heavy atom. The van der Waals surface area contributed by atoms with Crippen LogP contribution in [0.5, 0.6) is 0 Å². The van der Waals surface area contributed by atoms with Crippen molar-refractivity contribution in [3.8, 4) is 0 Å². The number of aryl methyl sites for hydroxylation is 1. The summed E-state index contributed by atoms with van der Waals surface area (Å²) in [5.74, 6) is -0.196. The highest BCUT2D eigenvalue weighted by Crippen LogP contribution is 2.02. The summed E-state index contributed by atoms with van der Waals surface area (Å²) in [6.45, 7) is 0.499. The highest BCUT2D eigenvalue weighted by Gasteiger charge is 1.98. The van der Waals surface area contributed by atoms with Crippen molar-refractivity contribution in [2.24, 2.45) is 0 Å². The van der Waals surface area contributed by atoms with E-state index in [4.69, 9.17) is 4.74 Å². The minimum Gasteiger partial charge on any atom is -0.465 e. The second-order valence-corrected chi connectivity index (χ2v) is 3.50. The molecular formula is C11H13BrO2. The maximum absolute atomic E-state index is 10.8. The van der Waals surface area contributed by atoms with Crippen molar-refractivity contribution in [3.05, 3.63) is 35.9 Å². The third-order valence-corrected chi connectivity index (χ3v) is 2.28. The molecule has 0 aliphatic carbocycles. The number of carbonyl (C=O) groups excluding carboxylic acids is 1. The lowest BCUT2D eigenvalue weighted by Gasteiger charge is -2.02. The smallest absolute Gasteiger partial charge is 0.316 e. The van der Waals surface area contributed by atoms with E-state index in [9.17, 15) is 4.79 Å². The first kappa shape index (κ1) is 11.2. The Labute approximate surface area is 92.4 Å². The van der Waals surface area contributed by atoms with Crippen LogP contribution in [0.4, 0.5) is 0 Å². The first-order valence-corrected chi connectivity index (χ1v) is 5.70. The molecule has 0 atom stereocenters. The van der Waals surface area contributed by atoms with E-state index in [1.807, 2.05) is 18.2 Å². The third-order valence-electron chi connectivity index (χ3n) is 1.82. The lowest BCUT2D eigenvalue weighted by molar-refractivity contribution is -0.140. The SMILES string of the molecule is O=C(CBr)OCCCc1ccccc1. The summed E-state index contributed by atoms with van der Waals surface area (Å²) in [7, 11) is 0. The number of benzene rings is 1. The molecule has 0 aliphatic rings. The van der Waals surface area contributed by atoms with Gasteiger partial charge in [-0.05, 0) is 18.4 Å². The highest BCUT2D eigenvalue weighted by atomic mass is 79.9. The molecule has 3 heteroatoms. The van der Waals surface area contributed by atoms with E-state index >= 15 is 0 Å². The molecule has 0 fully saturated rings. The zero-order valence-electron chi connectivity index (χ0n) is 7.91. The van der Waals surface area contributed by atoms with Gasteiger partial charge in [0.05, 0.1) is 6.61 Å². The predicted molar refractivity (Wildman–Crippen MR) is 59.5 cm³/mol. The second kappa shape index (κ2) is 6.60. The number of hydrogen-bond donors (Lipinski definition) is 0. The van der Waals surface area contributed by atoms with Crippen LogP contribution in [0.25, 0.3) is 0 Å². The van der Waals surface area contributed by atoms with Crippen molar-refractivity contribution in [1.29, 1.82) is 0 Å². The average molecular weight is 257 g/mol. The fourth-order valence-corrected chi connectivity index (χ4v) is 1.31. The first-order chi connectivity index (χ1) is 6.83. The predicted octanol–water partition coefficient (Wildman–Crippen LogP) is 2.56. The summed E-state index contributed by atoms with van der Waals surface area (Å²) in [4.78, 5) is 10.8. The topological polar surface area (TPSA) is 26.3 Å². The zero-order chi connectivity index (χ0) is 10.2. The third kappa shape index (κ3) is 4.42. The molecule has 0 saturated carbocycles. The molecule has 0 saturated heterocycles. The Kier molecular flexibility index (Phi) is 5.30. The Hall–Kier alpha value is -0.830. The van der Waals surface area contributed by atoms with E-state index < -0.39 is 0 Å². The molecule has 2 nitrogen and oxygen atoms in total. The van der Waals surface area contributed by atoms with Crippen LogP contribution in [0.3, 0.4) is 0 Å². The molecule has 0 radical (unpaired) electrons. The summed E-state index contributed by atoms with van der Waals surface area (Å²) in [6.07, 6.45) is 1.83. The molecule has 0 aliphatic heterocycles. The van der Waals surface area contributed by atoms with Crippen LogP contribution in [-0.2, 0) is 16.0 Å². The zero-order valence-corrected chi connectivity index (χ0v) is 9.50. The molecule has 1 rings (SSSR count). The Morgan fingerprint density at radius 1 is 1.29 bits per heavy atom. The van der Waals surface area contributed by atoms with Gasteiger partial charge >= 0.3 is 5.97 Å². The van der Waals surface area contributed by atoms with Crippen molar-refractivity contribution < 1.29 is 9.53 Å². The van der Waals surface area contributed by atoms with E-state index in [0.717, 1.165) is 12.8 Å². The average Bonchev–Trinajstić information content (AvgIpc) is 2.25. The summed E-state index contributed by atoms with van der Waals surface area (Å²) in [6, 6.07) is 10.2. The van der Waals surface area contributed by atoms with Crippen LogP contribution >= 0.6 is 15.9 Å². The summed E-state index contributed by atoms with van der Waals surface area (Å²) in [5, 5.41) is 0.276.